The zero-order valence-corrected chi connectivity index (χ0v) is 18.0. The Morgan fingerprint density at radius 3 is 2.77 bits per heavy atom. The maximum Gasteiger partial charge on any atom is 0.255 e. The topological polar surface area (TPSA) is 128 Å². The van der Waals surface area contributed by atoms with Gasteiger partial charge in [0.15, 0.2) is 18.1 Å². The Balaban J connectivity index is 1.65. The lowest BCUT2D eigenvalue weighted by molar-refractivity contribution is -0.124. The van der Waals surface area contributed by atoms with E-state index in [4.69, 9.17) is 15.2 Å². The third-order valence-electron chi connectivity index (χ3n) is 4.63. The summed E-state index contributed by atoms with van der Waals surface area (Å²) in [6, 6.07) is 7.48. The number of amides is 2. The van der Waals surface area contributed by atoms with Crippen molar-refractivity contribution in [3.63, 3.8) is 0 Å². The number of rotatable bonds is 9. The van der Waals surface area contributed by atoms with Gasteiger partial charge in [0.25, 0.3) is 15.9 Å². The maximum absolute atomic E-state index is 12.8. The molecule has 11 heteroatoms. The average Bonchev–Trinajstić information content (AvgIpc) is 3.43. The molecule has 1 saturated heterocycles. The highest BCUT2D eigenvalue weighted by molar-refractivity contribution is 7.91. The number of nitrogens with two attached hydrogens (primary N) is 1. The van der Waals surface area contributed by atoms with E-state index in [1.54, 1.807) is 35.7 Å². The molecule has 1 aromatic heterocycles. The monoisotopic (exact) mass is 453 g/mol. The quantitative estimate of drug-likeness (QED) is 0.585. The van der Waals surface area contributed by atoms with Crippen LogP contribution in [-0.2, 0) is 26.2 Å². The number of nitrogens with zero attached hydrogens (tertiary/aromatic N) is 1. The summed E-state index contributed by atoms with van der Waals surface area (Å²) in [5.74, 6) is -0.200. The Bertz CT molecular complexity index is 1010. The second kappa shape index (κ2) is 9.45. The molecule has 3 rings (SSSR count). The molecule has 1 aromatic carbocycles. The molecule has 2 amide bonds. The van der Waals surface area contributed by atoms with Crippen molar-refractivity contribution in [2.45, 2.75) is 29.6 Å². The number of sulfonamides is 1. The van der Waals surface area contributed by atoms with E-state index in [2.05, 4.69) is 5.32 Å². The minimum absolute atomic E-state index is 0.189. The molecule has 0 aliphatic carbocycles. The minimum Gasteiger partial charge on any atom is -0.493 e. The molecule has 9 nitrogen and oxygen atoms in total. The SMILES string of the molecule is COc1cc(CNC(=O)C2CCCN2S(=O)(=O)c2cccs2)ccc1OCC(N)=O. The van der Waals surface area contributed by atoms with Crippen LogP contribution in [0.2, 0.25) is 0 Å². The van der Waals surface area contributed by atoms with Crippen LogP contribution in [0, 0.1) is 0 Å². The van der Waals surface area contributed by atoms with Gasteiger partial charge in [0, 0.05) is 13.1 Å². The first-order valence-electron chi connectivity index (χ1n) is 9.24. The third-order valence-corrected chi connectivity index (χ3v) is 7.91. The van der Waals surface area contributed by atoms with Crippen LogP contribution >= 0.6 is 11.3 Å². The summed E-state index contributed by atoms with van der Waals surface area (Å²) in [5, 5.41) is 4.49. The van der Waals surface area contributed by atoms with Gasteiger partial charge in [-0.15, -0.1) is 11.3 Å². The van der Waals surface area contributed by atoms with E-state index in [9.17, 15) is 18.0 Å². The van der Waals surface area contributed by atoms with Crippen molar-refractivity contribution < 1.29 is 27.5 Å². The Morgan fingerprint density at radius 1 is 1.30 bits per heavy atom. The van der Waals surface area contributed by atoms with Gasteiger partial charge in [-0.1, -0.05) is 12.1 Å². The Labute approximate surface area is 178 Å². The van der Waals surface area contributed by atoms with Gasteiger partial charge in [0.2, 0.25) is 5.91 Å². The molecule has 2 aromatic rings. The van der Waals surface area contributed by atoms with Crippen LogP contribution in [0.25, 0.3) is 0 Å². The van der Waals surface area contributed by atoms with Gasteiger partial charge in [-0.25, -0.2) is 8.42 Å². The van der Waals surface area contributed by atoms with Crippen molar-refractivity contribution in [1.29, 1.82) is 0 Å². The summed E-state index contributed by atoms with van der Waals surface area (Å²) >= 11 is 1.14. The van der Waals surface area contributed by atoms with Crippen LogP contribution in [-0.4, -0.2) is 50.8 Å². The van der Waals surface area contributed by atoms with Crippen molar-refractivity contribution in [2.24, 2.45) is 5.73 Å². The first-order valence-corrected chi connectivity index (χ1v) is 11.6. The highest BCUT2D eigenvalue weighted by Gasteiger charge is 2.39. The van der Waals surface area contributed by atoms with Crippen LogP contribution < -0.4 is 20.5 Å². The molecule has 30 heavy (non-hydrogen) atoms. The predicted octanol–water partition coefficient (Wildman–Crippen LogP) is 1.09. The Morgan fingerprint density at radius 2 is 2.10 bits per heavy atom. The van der Waals surface area contributed by atoms with Gasteiger partial charge in [0.05, 0.1) is 7.11 Å². The van der Waals surface area contributed by atoms with Crippen molar-refractivity contribution >= 4 is 33.2 Å². The van der Waals surface area contributed by atoms with E-state index in [0.29, 0.717) is 30.9 Å². The first-order chi connectivity index (χ1) is 14.3. The Kier molecular flexibility index (Phi) is 6.95. The smallest absolute Gasteiger partial charge is 0.255 e. The van der Waals surface area contributed by atoms with Crippen LogP contribution in [0.15, 0.2) is 39.9 Å². The third kappa shape index (κ3) is 4.91. The number of thiophene rings is 1. The van der Waals surface area contributed by atoms with Gasteiger partial charge < -0.3 is 20.5 Å². The minimum atomic E-state index is -3.69. The lowest BCUT2D eigenvalue weighted by Gasteiger charge is -2.22. The van der Waals surface area contributed by atoms with Crippen LogP contribution in [0.1, 0.15) is 18.4 Å². The molecule has 1 atom stereocenters. The second-order valence-corrected chi connectivity index (χ2v) is 9.73. The summed E-state index contributed by atoms with van der Waals surface area (Å²) < 4.78 is 37.7. The largest absolute Gasteiger partial charge is 0.493 e. The summed E-state index contributed by atoms with van der Waals surface area (Å²) in [6.07, 6.45) is 1.10. The normalized spacial score (nSPS) is 16.9. The lowest BCUT2D eigenvalue weighted by atomic mass is 10.1. The number of primary amides is 1. The van der Waals surface area contributed by atoms with E-state index in [-0.39, 0.29) is 23.3 Å². The van der Waals surface area contributed by atoms with Gasteiger partial charge in [-0.05, 0) is 42.0 Å². The molecule has 0 spiro atoms. The number of carbonyl (C=O) groups is 2. The predicted molar refractivity (Wildman–Crippen MR) is 111 cm³/mol. The first kappa shape index (κ1) is 22.1. The molecule has 1 unspecified atom stereocenters. The van der Waals surface area contributed by atoms with Crippen molar-refractivity contribution in [2.75, 3.05) is 20.3 Å². The fourth-order valence-electron chi connectivity index (χ4n) is 3.21. The molecule has 0 saturated carbocycles. The standard InChI is InChI=1S/C19H23N3O6S2/c1-27-16-10-13(6-7-15(16)28-12-17(20)23)11-21-19(24)14-4-2-8-22(14)30(25,26)18-5-3-9-29-18/h3,5-7,9-10,14H,2,4,8,11-12H2,1H3,(H2,20,23)(H,21,24). The fourth-order valence-corrected chi connectivity index (χ4v) is 5.99. The number of methoxy groups -OCH3 is 1. The summed E-state index contributed by atoms with van der Waals surface area (Å²) in [5.41, 5.74) is 5.81. The lowest BCUT2D eigenvalue weighted by Crippen LogP contribution is -2.45. The number of carbonyl (C=O) groups excluding carboxylic acids is 2. The molecule has 0 radical (unpaired) electrons. The van der Waals surface area contributed by atoms with Crippen LogP contribution in [0.5, 0.6) is 11.5 Å². The van der Waals surface area contributed by atoms with Crippen LogP contribution in [0.4, 0.5) is 0 Å². The molecule has 1 aliphatic heterocycles. The average molecular weight is 454 g/mol. The second-order valence-electron chi connectivity index (χ2n) is 6.66. The Hall–Kier alpha value is -2.63. The number of hydrogen-bond donors (Lipinski definition) is 2. The number of ether oxygens (including phenoxy) is 2. The zero-order chi connectivity index (χ0) is 21.7. The highest BCUT2D eigenvalue weighted by Crippen LogP contribution is 2.30. The summed E-state index contributed by atoms with van der Waals surface area (Å²) in [7, 11) is -2.23. The van der Waals surface area contributed by atoms with Crippen molar-refractivity contribution in [1.82, 2.24) is 9.62 Å². The van der Waals surface area contributed by atoms with E-state index < -0.39 is 22.0 Å². The maximum atomic E-state index is 12.8. The summed E-state index contributed by atoms with van der Waals surface area (Å²) in [6.45, 7) is 0.232. The molecular formula is C19H23N3O6S2. The molecule has 1 fully saturated rings. The highest BCUT2D eigenvalue weighted by atomic mass is 32.2. The molecule has 3 N–H and O–H groups in total. The zero-order valence-electron chi connectivity index (χ0n) is 16.4. The van der Waals surface area contributed by atoms with E-state index in [1.165, 1.54) is 11.4 Å². The summed E-state index contributed by atoms with van der Waals surface area (Å²) in [4.78, 5) is 23.6. The van der Waals surface area contributed by atoms with Gasteiger partial charge in [-0.3, -0.25) is 9.59 Å². The number of hydrogen-bond acceptors (Lipinski definition) is 7. The van der Waals surface area contributed by atoms with E-state index in [0.717, 1.165) is 16.9 Å². The van der Waals surface area contributed by atoms with Gasteiger partial charge in [-0.2, -0.15) is 4.31 Å². The molecule has 1 aliphatic rings. The number of benzene rings is 1. The van der Waals surface area contributed by atoms with Crippen molar-refractivity contribution in [3.8, 4) is 11.5 Å². The van der Waals surface area contributed by atoms with E-state index in [1.807, 2.05) is 0 Å². The van der Waals surface area contributed by atoms with Gasteiger partial charge >= 0.3 is 0 Å². The van der Waals surface area contributed by atoms with Crippen LogP contribution in [0.3, 0.4) is 0 Å². The number of nitrogens with one attached hydrogen (secondary N) is 1. The van der Waals surface area contributed by atoms with E-state index >= 15 is 0 Å². The molecule has 162 valence electrons. The molecular weight excluding hydrogens is 430 g/mol. The van der Waals surface area contributed by atoms with Crippen molar-refractivity contribution in [3.05, 3.63) is 41.3 Å². The van der Waals surface area contributed by atoms with Gasteiger partial charge in [0.1, 0.15) is 10.3 Å². The molecule has 0 bridgehead atoms. The fraction of sp³-hybridized carbons (Fsp3) is 0.368. The molecule has 2 heterocycles.